The molecule has 0 radical (unpaired) electrons. The Morgan fingerprint density at radius 2 is 1.85 bits per heavy atom. The normalized spacial score (nSPS) is 12.1. The Kier molecular flexibility index (Phi) is 5.75. The molecule has 1 heterocycles. The third kappa shape index (κ3) is 4.64. The van der Waals surface area contributed by atoms with Crippen LogP contribution < -0.4 is 10.7 Å². The second kappa shape index (κ2) is 8.21. The predicted octanol–water partition coefficient (Wildman–Crippen LogP) is 3.76. The summed E-state index contributed by atoms with van der Waals surface area (Å²) in [6.45, 7) is 6.17. The maximum absolute atomic E-state index is 12.5. The molecule has 0 bridgehead atoms. The van der Waals surface area contributed by atoms with E-state index in [0.717, 1.165) is 29.5 Å². The van der Waals surface area contributed by atoms with Crippen LogP contribution in [0, 0.1) is 13.8 Å². The molecule has 4 heteroatoms. The summed E-state index contributed by atoms with van der Waals surface area (Å²) in [5.41, 5.74) is 4.11. The average molecular weight is 362 g/mol. The van der Waals surface area contributed by atoms with Gasteiger partial charge in [0, 0.05) is 23.7 Å². The summed E-state index contributed by atoms with van der Waals surface area (Å²) in [5.74, 6) is -0.0420. The first kappa shape index (κ1) is 18.9. The van der Waals surface area contributed by atoms with Crippen LogP contribution >= 0.6 is 0 Å². The Morgan fingerprint density at radius 1 is 1.11 bits per heavy atom. The summed E-state index contributed by atoms with van der Waals surface area (Å²) in [6.07, 6.45) is 3.53. The van der Waals surface area contributed by atoms with E-state index >= 15 is 0 Å². The molecular formula is C23H26N2O2. The van der Waals surface area contributed by atoms with Crippen molar-refractivity contribution >= 4 is 16.8 Å². The zero-order valence-corrected chi connectivity index (χ0v) is 16.2. The lowest BCUT2D eigenvalue weighted by Crippen LogP contribution is -2.35. The summed E-state index contributed by atoms with van der Waals surface area (Å²) in [4.78, 5) is 24.8. The summed E-state index contributed by atoms with van der Waals surface area (Å²) >= 11 is 0. The van der Waals surface area contributed by atoms with Crippen molar-refractivity contribution in [3.05, 3.63) is 81.6 Å². The fraction of sp³-hybridized carbons (Fsp3) is 0.304. The molecule has 3 aromatic rings. The minimum Gasteiger partial charge on any atom is -0.352 e. The third-order valence-electron chi connectivity index (χ3n) is 4.85. The molecule has 0 aliphatic heterocycles. The van der Waals surface area contributed by atoms with Crippen molar-refractivity contribution in [1.29, 1.82) is 0 Å². The molecule has 0 aliphatic carbocycles. The maximum Gasteiger partial charge on any atom is 0.240 e. The van der Waals surface area contributed by atoms with Gasteiger partial charge in [-0.15, -0.1) is 0 Å². The van der Waals surface area contributed by atoms with E-state index in [0.29, 0.717) is 5.39 Å². The highest BCUT2D eigenvalue weighted by Crippen LogP contribution is 2.17. The Labute approximate surface area is 159 Å². The van der Waals surface area contributed by atoms with Crippen LogP contribution in [0.5, 0.6) is 0 Å². The molecule has 1 atom stereocenters. The van der Waals surface area contributed by atoms with Gasteiger partial charge in [-0.05, 0) is 56.4 Å². The standard InChI is InChI=1S/C23H26N2O2/c1-16-13-17(2)23-20(14-16)25(12-11-21(23)26)15-22(27)24-18(3)9-10-19-7-5-4-6-8-19/h4-8,11-14,18H,9-10,15H2,1-3H3,(H,24,27)/t18-/m1/s1. The first-order valence-electron chi connectivity index (χ1n) is 9.38. The highest BCUT2D eigenvalue weighted by molar-refractivity contribution is 5.85. The van der Waals surface area contributed by atoms with E-state index in [1.165, 1.54) is 11.6 Å². The molecule has 4 nitrogen and oxygen atoms in total. The number of hydrogen-bond donors (Lipinski definition) is 1. The molecule has 140 valence electrons. The highest BCUT2D eigenvalue weighted by atomic mass is 16.2. The SMILES string of the molecule is Cc1cc(C)c2c(=O)ccn(CC(=O)N[C@H](C)CCc3ccccc3)c2c1. The summed E-state index contributed by atoms with van der Waals surface area (Å²) in [7, 11) is 0. The summed E-state index contributed by atoms with van der Waals surface area (Å²) in [5, 5.41) is 3.76. The quantitative estimate of drug-likeness (QED) is 0.726. The van der Waals surface area contributed by atoms with Crippen molar-refractivity contribution in [2.24, 2.45) is 0 Å². The van der Waals surface area contributed by atoms with Gasteiger partial charge in [0.05, 0.1) is 5.52 Å². The molecule has 1 amide bonds. The van der Waals surface area contributed by atoms with E-state index in [1.807, 2.05) is 55.7 Å². The number of aromatic nitrogens is 1. The van der Waals surface area contributed by atoms with Crippen LogP contribution in [0.4, 0.5) is 0 Å². The topological polar surface area (TPSA) is 51.1 Å². The lowest BCUT2D eigenvalue weighted by atomic mass is 10.1. The van der Waals surface area contributed by atoms with Gasteiger partial charge >= 0.3 is 0 Å². The van der Waals surface area contributed by atoms with Crippen LogP contribution in [-0.2, 0) is 17.8 Å². The number of aryl methyl sites for hydroxylation is 3. The Morgan fingerprint density at radius 3 is 2.59 bits per heavy atom. The van der Waals surface area contributed by atoms with Crippen LogP contribution in [0.15, 0.2) is 59.5 Å². The smallest absolute Gasteiger partial charge is 0.240 e. The van der Waals surface area contributed by atoms with Gasteiger partial charge in [0.1, 0.15) is 6.54 Å². The first-order valence-corrected chi connectivity index (χ1v) is 9.38. The monoisotopic (exact) mass is 362 g/mol. The molecule has 0 spiro atoms. The average Bonchev–Trinajstić information content (AvgIpc) is 2.62. The predicted molar refractivity (Wildman–Crippen MR) is 110 cm³/mol. The number of amides is 1. The van der Waals surface area contributed by atoms with E-state index < -0.39 is 0 Å². The van der Waals surface area contributed by atoms with Crippen LogP contribution in [0.2, 0.25) is 0 Å². The fourth-order valence-electron chi connectivity index (χ4n) is 3.53. The van der Waals surface area contributed by atoms with E-state index in [9.17, 15) is 9.59 Å². The van der Waals surface area contributed by atoms with Gasteiger partial charge in [0.15, 0.2) is 5.43 Å². The molecule has 0 fully saturated rings. The molecular weight excluding hydrogens is 336 g/mol. The minimum atomic E-state index is -0.0420. The second-order valence-electron chi connectivity index (χ2n) is 7.28. The second-order valence-corrected chi connectivity index (χ2v) is 7.28. The van der Waals surface area contributed by atoms with Gasteiger partial charge in [0.25, 0.3) is 0 Å². The number of carbonyl (C=O) groups is 1. The molecule has 2 aromatic carbocycles. The Hall–Kier alpha value is -2.88. The van der Waals surface area contributed by atoms with Gasteiger partial charge in [0.2, 0.25) is 5.91 Å². The zero-order valence-electron chi connectivity index (χ0n) is 16.2. The zero-order chi connectivity index (χ0) is 19.4. The largest absolute Gasteiger partial charge is 0.352 e. The van der Waals surface area contributed by atoms with E-state index in [4.69, 9.17) is 0 Å². The fourth-order valence-corrected chi connectivity index (χ4v) is 3.53. The maximum atomic E-state index is 12.5. The van der Waals surface area contributed by atoms with Gasteiger partial charge in [-0.3, -0.25) is 9.59 Å². The van der Waals surface area contributed by atoms with Crippen molar-refractivity contribution in [3.8, 4) is 0 Å². The highest BCUT2D eigenvalue weighted by Gasteiger charge is 2.12. The molecule has 0 saturated heterocycles. The number of nitrogens with one attached hydrogen (secondary N) is 1. The number of nitrogens with zero attached hydrogens (tertiary/aromatic N) is 1. The lowest BCUT2D eigenvalue weighted by Gasteiger charge is -2.16. The number of pyridine rings is 1. The van der Waals surface area contributed by atoms with Crippen molar-refractivity contribution in [2.45, 2.75) is 46.2 Å². The molecule has 1 aromatic heterocycles. The van der Waals surface area contributed by atoms with Crippen LogP contribution in [0.25, 0.3) is 10.9 Å². The van der Waals surface area contributed by atoms with Gasteiger partial charge in [-0.1, -0.05) is 36.4 Å². The summed E-state index contributed by atoms with van der Waals surface area (Å²) in [6, 6.07) is 15.9. The molecule has 27 heavy (non-hydrogen) atoms. The van der Waals surface area contributed by atoms with Crippen molar-refractivity contribution in [1.82, 2.24) is 9.88 Å². The molecule has 1 N–H and O–H groups in total. The molecule has 0 aliphatic rings. The first-order chi connectivity index (χ1) is 12.9. The van der Waals surface area contributed by atoms with Crippen LogP contribution in [-0.4, -0.2) is 16.5 Å². The lowest BCUT2D eigenvalue weighted by molar-refractivity contribution is -0.122. The van der Waals surface area contributed by atoms with Gasteiger partial charge in [-0.2, -0.15) is 0 Å². The minimum absolute atomic E-state index is 0.00427. The van der Waals surface area contributed by atoms with Crippen molar-refractivity contribution in [2.75, 3.05) is 0 Å². The third-order valence-corrected chi connectivity index (χ3v) is 4.85. The molecule has 0 saturated carbocycles. The van der Waals surface area contributed by atoms with Gasteiger partial charge < -0.3 is 9.88 Å². The number of fused-ring (bicyclic) bond motifs is 1. The number of hydrogen-bond acceptors (Lipinski definition) is 2. The van der Waals surface area contributed by atoms with Crippen LogP contribution in [0.3, 0.4) is 0 Å². The molecule has 0 unspecified atom stereocenters. The van der Waals surface area contributed by atoms with E-state index in [2.05, 4.69) is 17.4 Å². The molecule has 3 rings (SSSR count). The van der Waals surface area contributed by atoms with Crippen molar-refractivity contribution < 1.29 is 4.79 Å². The van der Waals surface area contributed by atoms with Gasteiger partial charge in [-0.25, -0.2) is 0 Å². The Bertz CT molecular complexity index is 1010. The van der Waals surface area contributed by atoms with Crippen LogP contribution in [0.1, 0.15) is 30.0 Å². The number of carbonyl (C=O) groups excluding carboxylic acids is 1. The summed E-state index contributed by atoms with van der Waals surface area (Å²) < 4.78 is 1.86. The number of benzene rings is 2. The Balaban J connectivity index is 1.69. The van der Waals surface area contributed by atoms with E-state index in [1.54, 1.807) is 6.20 Å². The van der Waals surface area contributed by atoms with E-state index in [-0.39, 0.29) is 23.9 Å². The number of rotatable bonds is 6. The van der Waals surface area contributed by atoms with Crippen molar-refractivity contribution in [3.63, 3.8) is 0 Å².